The maximum atomic E-state index is 14.1. The third-order valence-electron chi connectivity index (χ3n) is 4.60. The van der Waals surface area contributed by atoms with E-state index in [1.165, 1.54) is 18.5 Å². The van der Waals surface area contributed by atoms with Crippen LogP contribution < -0.4 is 5.32 Å². The largest absolute Gasteiger partial charge is 0.464 e. The lowest BCUT2D eigenvalue weighted by atomic mass is 10.1. The number of rotatable bonds is 4. The molecule has 0 aliphatic rings. The number of carbonyl (C=O) groups is 2. The maximum Gasteiger partial charge on any atom is 0.434 e. The number of methoxy groups -OCH3 is 1. The van der Waals surface area contributed by atoms with Gasteiger partial charge in [0, 0.05) is 22.7 Å². The van der Waals surface area contributed by atoms with Crippen molar-refractivity contribution in [3.05, 3.63) is 77.1 Å². The Morgan fingerprint density at radius 2 is 1.88 bits per heavy atom. The van der Waals surface area contributed by atoms with Crippen molar-refractivity contribution in [1.82, 2.24) is 19.7 Å². The van der Waals surface area contributed by atoms with E-state index in [-0.39, 0.29) is 22.2 Å². The number of anilines is 1. The number of aromatic nitrogens is 4. The van der Waals surface area contributed by atoms with Gasteiger partial charge >= 0.3 is 12.1 Å². The monoisotopic (exact) mass is 475 g/mol. The third-order valence-corrected chi connectivity index (χ3v) is 4.80. The minimum absolute atomic E-state index is 0.0481. The van der Waals surface area contributed by atoms with Crippen molar-refractivity contribution in [1.29, 1.82) is 0 Å². The molecule has 1 amide bonds. The van der Waals surface area contributed by atoms with E-state index in [1.54, 1.807) is 24.3 Å². The van der Waals surface area contributed by atoms with E-state index in [0.29, 0.717) is 15.5 Å². The van der Waals surface area contributed by atoms with Crippen LogP contribution in [-0.2, 0) is 10.9 Å². The molecule has 0 fully saturated rings. The number of pyridine rings is 2. The molecule has 1 N–H and O–H groups in total. The van der Waals surface area contributed by atoms with Gasteiger partial charge in [-0.3, -0.25) is 9.78 Å². The normalized spacial score (nSPS) is 11.4. The number of hydrogen-bond donors (Lipinski definition) is 1. The molecule has 0 unspecified atom stereocenters. The molecule has 1 aromatic carbocycles. The van der Waals surface area contributed by atoms with Gasteiger partial charge < -0.3 is 10.1 Å². The highest BCUT2D eigenvalue weighted by molar-refractivity contribution is 6.30. The molecule has 0 aliphatic carbocycles. The zero-order valence-electron chi connectivity index (χ0n) is 16.7. The average Bonchev–Trinajstić information content (AvgIpc) is 3.23. The molecular weight excluding hydrogens is 463 g/mol. The highest BCUT2D eigenvalue weighted by Crippen LogP contribution is 2.35. The molecule has 0 spiro atoms. The molecule has 0 saturated heterocycles. The maximum absolute atomic E-state index is 14.1. The summed E-state index contributed by atoms with van der Waals surface area (Å²) in [5, 5.41) is 7.03. The molecule has 4 aromatic rings. The van der Waals surface area contributed by atoms with E-state index in [1.807, 2.05) is 0 Å². The van der Waals surface area contributed by atoms with Crippen LogP contribution in [-0.4, -0.2) is 38.7 Å². The Morgan fingerprint density at radius 1 is 1.12 bits per heavy atom. The summed E-state index contributed by atoms with van der Waals surface area (Å²) in [6.07, 6.45) is -1.37. The molecule has 12 heteroatoms. The number of hydrogen-bond acceptors (Lipinski definition) is 6. The topological polar surface area (TPSA) is 99.0 Å². The molecule has 4 rings (SSSR count). The zero-order valence-corrected chi connectivity index (χ0v) is 17.5. The van der Waals surface area contributed by atoms with Crippen molar-refractivity contribution in [2.75, 3.05) is 12.4 Å². The predicted octanol–water partition coefficient (Wildman–Crippen LogP) is 4.53. The number of amides is 1. The van der Waals surface area contributed by atoms with Crippen LogP contribution in [0.2, 0.25) is 5.15 Å². The molecule has 0 radical (unpaired) electrons. The Morgan fingerprint density at radius 3 is 2.61 bits per heavy atom. The van der Waals surface area contributed by atoms with Crippen molar-refractivity contribution in [3.8, 4) is 5.69 Å². The van der Waals surface area contributed by atoms with E-state index >= 15 is 0 Å². The quantitative estimate of drug-likeness (QED) is 0.344. The second-order valence-electron chi connectivity index (χ2n) is 6.71. The number of alkyl halides is 3. The predicted molar refractivity (Wildman–Crippen MR) is 112 cm³/mol. The lowest BCUT2D eigenvalue weighted by molar-refractivity contribution is -0.143. The van der Waals surface area contributed by atoms with Crippen LogP contribution >= 0.6 is 11.6 Å². The Hall–Kier alpha value is -3.99. The summed E-state index contributed by atoms with van der Waals surface area (Å²) < 4.78 is 47.3. The van der Waals surface area contributed by atoms with Crippen LogP contribution in [0, 0.1) is 0 Å². The van der Waals surface area contributed by atoms with Crippen LogP contribution in [0.4, 0.5) is 18.9 Å². The molecule has 3 heterocycles. The average molecular weight is 476 g/mol. The Bertz CT molecular complexity index is 1380. The van der Waals surface area contributed by atoms with E-state index in [0.717, 1.165) is 19.4 Å². The van der Waals surface area contributed by atoms with Gasteiger partial charge in [-0.25, -0.2) is 14.5 Å². The molecule has 3 aromatic heterocycles. The van der Waals surface area contributed by atoms with Gasteiger partial charge in [0.05, 0.1) is 30.8 Å². The summed E-state index contributed by atoms with van der Waals surface area (Å²) >= 11 is 5.85. The highest BCUT2D eigenvalue weighted by atomic mass is 35.5. The number of ether oxygens (including phenoxy) is 1. The SMILES string of the molecule is COC(=O)c1cc(NC(=O)c2cnn(-c3cncc4ccccc34)c2C(F)(F)F)cc(Cl)n1. The van der Waals surface area contributed by atoms with E-state index in [9.17, 15) is 22.8 Å². The van der Waals surface area contributed by atoms with Gasteiger partial charge in [-0.1, -0.05) is 35.9 Å². The van der Waals surface area contributed by atoms with Crippen LogP contribution in [0.5, 0.6) is 0 Å². The van der Waals surface area contributed by atoms with Crippen molar-refractivity contribution in [2.24, 2.45) is 0 Å². The molecule has 8 nitrogen and oxygen atoms in total. The fourth-order valence-electron chi connectivity index (χ4n) is 3.22. The zero-order chi connectivity index (χ0) is 23.8. The van der Waals surface area contributed by atoms with Crippen molar-refractivity contribution in [2.45, 2.75) is 6.18 Å². The first-order chi connectivity index (χ1) is 15.7. The van der Waals surface area contributed by atoms with Crippen molar-refractivity contribution < 1.29 is 27.5 Å². The second kappa shape index (κ2) is 8.51. The number of halogens is 4. The third kappa shape index (κ3) is 4.35. The number of carbonyl (C=O) groups excluding carboxylic acids is 2. The minimum atomic E-state index is -4.92. The highest BCUT2D eigenvalue weighted by Gasteiger charge is 2.41. The molecule has 0 aliphatic heterocycles. The smallest absolute Gasteiger partial charge is 0.434 e. The first-order valence-corrected chi connectivity index (χ1v) is 9.62. The molecular formula is C21H13ClF3N5O3. The standard InChI is InChI=1S/C21H13ClF3N5O3/c1-33-20(32)15-6-12(7-17(22)29-15)28-19(31)14-9-27-30(18(14)21(23,24)25)16-10-26-8-11-4-2-3-5-13(11)16/h2-10H,1H3,(H,28,29,31). The summed E-state index contributed by atoms with van der Waals surface area (Å²) in [6, 6.07) is 9.02. The summed E-state index contributed by atoms with van der Waals surface area (Å²) in [4.78, 5) is 32.2. The van der Waals surface area contributed by atoms with Gasteiger partial charge in [0.2, 0.25) is 0 Å². The van der Waals surface area contributed by atoms with Crippen molar-refractivity contribution >= 4 is 39.9 Å². The van der Waals surface area contributed by atoms with Gasteiger partial charge in [-0.05, 0) is 12.1 Å². The number of fused-ring (bicyclic) bond motifs is 1. The summed E-state index contributed by atoms with van der Waals surface area (Å²) in [5.41, 5.74) is -2.24. The lowest BCUT2D eigenvalue weighted by Crippen LogP contribution is -2.21. The lowest BCUT2D eigenvalue weighted by Gasteiger charge is -2.14. The molecule has 0 bridgehead atoms. The minimum Gasteiger partial charge on any atom is -0.464 e. The first kappa shape index (κ1) is 22.2. The number of nitrogens with zero attached hydrogens (tertiary/aromatic N) is 4. The number of esters is 1. The van der Waals surface area contributed by atoms with Crippen molar-refractivity contribution in [3.63, 3.8) is 0 Å². The van der Waals surface area contributed by atoms with Gasteiger partial charge in [-0.2, -0.15) is 18.3 Å². The summed E-state index contributed by atoms with van der Waals surface area (Å²) in [6.45, 7) is 0. The van der Waals surface area contributed by atoms with E-state index < -0.39 is 29.3 Å². The fourth-order valence-corrected chi connectivity index (χ4v) is 3.42. The van der Waals surface area contributed by atoms with Gasteiger partial charge in [0.25, 0.3) is 5.91 Å². The first-order valence-electron chi connectivity index (χ1n) is 9.24. The van der Waals surface area contributed by atoms with Gasteiger partial charge in [0.1, 0.15) is 5.15 Å². The number of benzene rings is 1. The van der Waals surface area contributed by atoms with Gasteiger partial charge in [0.15, 0.2) is 11.4 Å². The molecule has 33 heavy (non-hydrogen) atoms. The summed E-state index contributed by atoms with van der Waals surface area (Å²) in [7, 11) is 1.12. The van der Waals surface area contributed by atoms with Gasteiger partial charge in [-0.15, -0.1) is 0 Å². The van der Waals surface area contributed by atoms with Crippen LogP contribution in [0.25, 0.3) is 16.5 Å². The van der Waals surface area contributed by atoms with Crippen LogP contribution in [0.1, 0.15) is 26.5 Å². The van der Waals surface area contributed by atoms with Crippen LogP contribution in [0.3, 0.4) is 0 Å². The molecule has 0 atom stereocenters. The van der Waals surface area contributed by atoms with Crippen LogP contribution in [0.15, 0.2) is 55.0 Å². The Balaban J connectivity index is 1.78. The Kier molecular flexibility index (Phi) is 5.73. The second-order valence-corrected chi connectivity index (χ2v) is 7.09. The summed E-state index contributed by atoms with van der Waals surface area (Å²) in [5.74, 6) is -1.94. The molecule has 168 valence electrons. The molecule has 0 saturated carbocycles. The fraction of sp³-hybridized carbons (Fsp3) is 0.0952. The van der Waals surface area contributed by atoms with E-state index in [4.69, 9.17) is 11.6 Å². The van der Waals surface area contributed by atoms with E-state index in [2.05, 4.69) is 25.1 Å². The number of nitrogens with one attached hydrogen (secondary N) is 1. The Labute approximate surface area is 189 Å².